The molecule has 0 amide bonds. The summed E-state index contributed by atoms with van der Waals surface area (Å²) in [5, 5.41) is 13.1. The second kappa shape index (κ2) is 9.77. The molecular formula is C22H27ClN2O3. The molecule has 1 aliphatic rings. The van der Waals surface area contributed by atoms with Crippen LogP contribution >= 0.6 is 11.6 Å². The summed E-state index contributed by atoms with van der Waals surface area (Å²) < 4.78 is 10.7. The molecule has 150 valence electrons. The Labute approximate surface area is 172 Å². The van der Waals surface area contributed by atoms with Crippen LogP contribution in [0.25, 0.3) is 0 Å². The highest BCUT2D eigenvalue weighted by molar-refractivity contribution is 6.32. The average molecular weight is 403 g/mol. The van der Waals surface area contributed by atoms with Crippen molar-refractivity contribution in [2.75, 3.05) is 13.7 Å². The van der Waals surface area contributed by atoms with E-state index in [1.807, 2.05) is 33.8 Å². The Kier molecular flexibility index (Phi) is 7.68. The molecule has 1 aliphatic heterocycles. The van der Waals surface area contributed by atoms with E-state index in [2.05, 4.69) is 11.4 Å². The SMILES string of the molecule is COCCCC1=C(C)NC(C)=C(C(=O)OC(C)C)[C@@H]1c1cccc(C#N)c1Cl. The molecule has 0 fully saturated rings. The van der Waals surface area contributed by atoms with Gasteiger partial charge in [-0.05, 0) is 57.7 Å². The van der Waals surface area contributed by atoms with Gasteiger partial charge in [-0.2, -0.15) is 5.26 Å². The minimum absolute atomic E-state index is 0.238. The Morgan fingerprint density at radius 2 is 2.04 bits per heavy atom. The van der Waals surface area contributed by atoms with Gasteiger partial charge in [-0.15, -0.1) is 0 Å². The van der Waals surface area contributed by atoms with Crippen LogP contribution in [0.15, 0.2) is 40.7 Å². The second-order valence-corrected chi connectivity index (χ2v) is 7.50. The van der Waals surface area contributed by atoms with Crippen LogP contribution in [0.1, 0.15) is 57.6 Å². The molecule has 0 saturated carbocycles. The number of dihydropyridines is 1. The lowest BCUT2D eigenvalue weighted by molar-refractivity contribution is -0.143. The molecular weight excluding hydrogens is 376 g/mol. The van der Waals surface area contributed by atoms with Gasteiger partial charge in [0.05, 0.1) is 22.3 Å². The first kappa shape index (κ1) is 22.0. The van der Waals surface area contributed by atoms with E-state index >= 15 is 0 Å². The topological polar surface area (TPSA) is 71.3 Å². The van der Waals surface area contributed by atoms with Crippen LogP contribution in [0.4, 0.5) is 0 Å². The maximum absolute atomic E-state index is 13.0. The maximum Gasteiger partial charge on any atom is 0.336 e. The third kappa shape index (κ3) is 4.76. The van der Waals surface area contributed by atoms with E-state index in [0.717, 1.165) is 35.4 Å². The van der Waals surface area contributed by atoms with Gasteiger partial charge in [-0.3, -0.25) is 0 Å². The van der Waals surface area contributed by atoms with Crippen molar-refractivity contribution in [2.24, 2.45) is 0 Å². The quantitative estimate of drug-likeness (QED) is 0.522. The van der Waals surface area contributed by atoms with E-state index in [9.17, 15) is 10.1 Å². The van der Waals surface area contributed by atoms with Crippen molar-refractivity contribution in [3.63, 3.8) is 0 Å². The molecule has 2 rings (SSSR count). The first-order chi connectivity index (χ1) is 13.3. The van der Waals surface area contributed by atoms with Crippen LogP contribution < -0.4 is 5.32 Å². The van der Waals surface area contributed by atoms with Crippen molar-refractivity contribution in [2.45, 2.75) is 52.6 Å². The summed E-state index contributed by atoms with van der Waals surface area (Å²) in [6.45, 7) is 8.11. The molecule has 0 radical (unpaired) electrons. The number of hydrogen-bond donors (Lipinski definition) is 1. The van der Waals surface area contributed by atoms with Crippen LogP contribution in [0.5, 0.6) is 0 Å². The number of halogens is 1. The molecule has 0 aliphatic carbocycles. The number of benzene rings is 1. The zero-order valence-corrected chi connectivity index (χ0v) is 17.8. The monoisotopic (exact) mass is 402 g/mol. The summed E-state index contributed by atoms with van der Waals surface area (Å²) in [4.78, 5) is 13.0. The molecule has 0 spiro atoms. The number of rotatable bonds is 7. The summed E-state index contributed by atoms with van der Waals surface area (Å²) in [6, 6.07) is 7.47. The number of ether oxygens (including phenoxy) is 2. The van der Waals surface area contributed by atoms with Gasteiger partial charge in [-0.1, -0.05) is 23.7 Å². The summed E-state index contributed by atoms with van der Waals surface area (Å²) in [6.07, 6.45) is 1.30. The normalized spacial score (nSPS) is 16.9. The third-order valence-corrected chi connectivity index (χ3v) is 5.14. The smallest absolute Gasteiger partial charge is 0.336 e. The van der Waals surface area contributed by atoms with Crippen molar-refractivity contribution in [3.8, 4) is 6.07 Å². The molecule has 1 heterocycles. The standard InChI is InChI=1S/C22H27ClN2O3/c1-13(2)28-22(26)19-15(4)25-14(3)17(10-7-11-27-5)20(19)18-9-6-8-16(12-24)21(18)23/h6,8-9,13,20,25H,7,10-11H2,1-5H3/t20-/m0/s1. The van der Waals surface area contributed by atoms with Crippen LogP contribution in [-0.2, 0) is 14.3 Å². The Morgan fingerprint density at radius 3 is 2.64 bits per heavy atom. The minimum Gasteiger partial charge on any atom is -0.460 e. The van der Waals surface area contributed by atoms with Crippen LogP contribution in [0, 0.1) is 11.3 Å². The molecule has 0 bridgehead atoms. The number of carbonyl (C=O) groups excluding carboxylic acids is 1. The Morgan fingerprint density at radius 1 is 1.32 bits per heavy atom. The number of nitrogens with one attached hydrogen (secondary N) is 1. The number of esters is 1. The van der Waals surface area contributed by atoms with Gasteiger partial charge in [0.15, 0.2) is 0 Å². The molecule has 5 nitrogen and oxygen atoms in total. The Hall–Kier alpha value is -2.29. The number of carbonyl (C=O) groups is 1. The molecule has 0 aromatic heterocycles. The van der Waals surface area contributed by atoms with Crippen LogP contribution in [-0.4, -0.2) is 25.8 Å². The lowest BCUT2D eigenvalue weighted by atomic mass is 9.78. The minimum atomic E-state index is -0.375. The van der Waals surface area contributed by atoms with E-state index < -0.39 is 0 Å². The van der Waals surface area contributed by atoms with E-state index in [-0.39, 0.29) is 18.0 Å². The van der Waals surface area contributed by atoms with Crippen molar-refractivity contribution in [1.29, 1.82) is 5.26 Å². The molecule has 1 N–H and O–H groups in total. The van der Waals surface area contributed by atoms with Crippen molar-refractivity contribution >= 4 is 17.6 Å². The number of methoxy groups -OCH3 is 1. The van der Waals surface area contributed by atoms with E-state index in [4.69, 9.17) is 21.1 Å². The predicted molar refractivity (Wildman–Crippen MR) is 110 cm³/mol. The predicted octanol–water partition coefficient (Wildman–Crippen LogP) is 4.82. The lowest BCUT2D eigenvalue weighted by Crippen LogP contribution is -2.30. The summed E-state index contributed by atoms with van der Waals surface area (Å²) in [5.41, 5.74) is 4.43. The van der Waals surface area contributed by atoms with Crippen LogP contribution in [0.2, 0.25) is 5.02 Å². The molecule has 1 atom stereocenters. The van der Waals surface area contributed by atoms with Gasteiger partial charge in [0, 0.05) is 31.0 Å². The lowest BCUT2D eigenvalue weighted by Gasteiger charge is -2.32. The molecule has 0 saturated heterocycles. The largest absolute Gasteiger partial charge is 0.460 e. The van der Waals surface area contributed by atoms with Crippen molar-refractivity contribution in [3.05, 3.63) is 56.9 Å². The van der Waals surface area contributed by atoms with Gasteiger partial charge in [-0.25, -0.2) is 4.79 Å². The van der Waals surface area contributed by atoms with Crippen LogP contribution in [0.3, 0.4) is 0 Å². The van der Waals surface area contributed by atoms with Crippen molar-refractivity contribution < 1.29 is 14.3 Å². The maximum atomic E-state index is 13.0. The van der Waals surface area contributed by atoms with E-state index in [1.165, 1.54) is 0 Å². The third-order valence-electron chi connectivity index (χ3n) is 4.72. The highest BCUT2D eigenvalue weighted by atomic mass is 35.5. The average Bonchev–Trinajstić information content (AvgIpc) is 2.62. The van der Waals surface area contributed by atoms with Gasteiger partial charge in [0.2, 0.25) is 0 Å². The first-order valence-corrected chi connectivity index (χ1v) is 9.75. The Balaban J connectivity index is 2.62. The zero-order valence-electron chi connectivity index (χ0n) is 17.1. The number of nitrogens with zero attached hydrogens (tertiary/aromatic N) is 1. The molecule has 0 unspecified atom stereocenters. The zero-order chi connectivity index (χ0) is 20.8. The molecule has 28 heavy (non-hydrogen) atoms. The van der Waals surface area contributed by atoms with E-state index in [0.29, 0.717) is 22.8 Å². The van der Waals surface area contributed by atoms with E-state index in [1.54, 1.807) is 19.2 Å². The fourth-order valence-electron chi connectivity index (χ4n) is 3.53. The number of hydrogen-bond acceptors (Lipinski definition) is 5. The summed E-state index contributed by atoms with van der Waals surface area (Å²) >= 11 is 6.58. The van der Waals surface area contributed by atoms with Crippen molar-refractivity contribution in [1.82, 2.24) is 5.32 Å². The van der Waals surface area contributed by atoms with Gasteiger partial charge in [0.1, 0.15) is 6.07 Å². The summed E-state index contributed by atoms with van der Waals surface area (Å²) in [7, 11) is 1.67. The molecule has 1 aromatic carbocycles. The van der Waals surface area contributed by atoms with Gasteiger partial charge >= 0.3 is 5.97 Å². The highest BCUT2D eigenvalue weighted by Crippen LogP contribution is 2.43. The molecule has 6 heteroatoms. The van der Waals surface area contributed by atoms with Gasteiger partial charge < -0.3 is 14.8 Å². The number of allylic oxidation sites excluding steroid dienone is 3. The Bertz CT molecular complexity index is 850. The van der Waals surface area contributed by atoms with Gasteiger partial charge in [0.25, 0.3) is 0 Å². The molecule has 1 aromatic rings. The fourth-order valence-corrected chi connectivity index (χ4v) is 3.80. The fraction of sp³-hybridized carbons (Fsp3) is 0.455. The highest BCUT2D eigenvalue weighted by Gasteiger charge is 2.35. The first-order valence-electron chi connectivity index (χ1n) is 9.37. The second-order valence-electron chi connectivity index (χ2n) is 7.12. The number of nitriles is 1. The summed E-state index contributed by atoms with van der Waals surface area (Å²) in [5.74, 6) is -0.745.